The topological polar surface area (TPSA) is 69.6 Å². The molecular formula is C13H17FN2O3. The summed E-state index contributed by atoms with van der Waals surface area (Å²) in [5.41, 5.74) is 0.205. The van der Waals surface area contributed by atoms with Gasteiger partial charge < -0.3 is 15.3 Å². The molecule has 0 radical (unpaired) electrons. The van der Waals surface area contributed by atoms with E-state index in [-0.39, 0.29) is 18.0 Å². The normalized spacial score (nSPS) is 10.1. The van der Waals surface area contributed by atoms with Crippen LogP contribution in [0.25, 0.3) is 0 Å². The summed E-state index contributed by atoms with van der Waals surface area (Å²) in [4.78, 5) is 24.2. The molecule has 0 spiro atoms. The number of carboxylic acids is 1. The molecule has 0 bridgehead atoms. The molecule has 2 N–H and O–H groups in total. The summed E-state index contributed by atoms with van der Waals surface area (Å²) in [6.45, 7) is 2.47. The molecule has 1 amide bonds. The maximum absolute atomic E-state index is 13.1. The van der Waals surface area contributed by atoms with Gasteiger partial charge in [-0.05, 0) is 24.6 Å². The highest BCUT2D eigenvalue weighted by molar-refractivity contribution is 5.95. The molecule has 0 atom stereocenters. The Morgan fingerprint density at radius 1 is 1.42 bits per heavy atom. The van der Waals surface area contributed by atoms with Crippen molar-refractivity contribution in [2.45, 2.75) is 13.3 Å². The molecule has 0 aliphatic heterocycles. The molecule has 0 aliphatic rings. The number of likely N-dealkylation sites (N-methyl/N-ethyl adjacent to an activating group) is 1. The summed E-state index contributed by atoms with van der Waals surface area (Å²) in [6, 6.07) is 3.54. The first-order chi connectivity index (χ1) is 8.99. The number of benzene rings is 1. The van der Waals surface area contributed by atoms with Gasteiger partial charge in [-0.25, -0.2) is 9.18 Å². The Morgan fingerprint density at radius 2 is 2.11 bits per heavy atom. The number of hydrogen-bond donors (Lipinski definition) is 2. The molecule has 0 fully saturated rings. The van der Waals surface area contributed by atoms with Crippen LogP contribution >= 0.6 is 0 Å². The van der Waals surface area contributed by atoms with Crippen LogP contribution in [-0.2, 0) is 4.79 Å². The summed E-state index contributed by atoms with van der Waals surface area (Å²) in [5, 5.41) is 11.6. The molecule has 0 unspecified atom stereocenters. The molecule has 6 heteroatoms. The summed E-state index contributed by atoms with van der Waals surface area (Å²) in [7, 11) is 1.51. The molecule has 19 heavy (non-hydrogen) atoms. The predicted molar refractivity (Wildman–Crippen MR) is 69.9 cm³/mol. The van der Waals surface area contributed by atoms with Crippen LogP contribution in [0.3, 0.4) is 0 Å². The number of carbonyl (C=O) groups is 2. The first-order valence-corrected chi connectivity index (χ1v) is 5.98. The third-order valence-corrected chi connectivity index (χ3v) is 2.64. The van der Waals surface area contributed by atoms with Crippen molar-refractivity contribution in [1.82, 2.24) is 5.32 Å². The number of halogens is 1. The van der Waals surface area contributed by atoms with E-state index in [2.05, 4.69) is 5.32 Å². The van der Waals surface area contributed by atoms with Crippen LogP contribution in [0, 0.1) is 5.82 Å². The van der Waals surface area contributed by atoms with E-state index in [9.17, 15) is 14.0 Å². The fourth-order valence-corrected chi connectivity index (χ4v) is 1.76. The van der Waals surface area contributed by atoms with E-state index in [1.54, 1.807) is 4.90 Å². The number of hydrogen-bond acceptors (Lipinski definition) is 3. The number of anilines is 1. The van der Waals surface area contributed by atoms with Crippen molar-refractivity contribution >= 4 is 17.6 Å². The van der Waals surface area contributed by atoms with Crippen LogP contribution in [0.15, 0.2) is 18.2 Å². The molecule has 0 aliphatic carbocycles. The minimum absolute atomic E-state index is 0.0379. The number of rotatable bonds is 6. The lowest BCUT2D eigenvalue weighted by molar-refractivity contribution is -0.119. The van der Waals surface area contributed by atoms with E-state index in [1.165, 1.54) is 19.2 Å². The van der Waals surface area contributed by atoms with Crippen molar-refractivity contribution in [3.05, 3.63) is 29.6 Å². The third-order valence-electron chi connectivity index (χ3n) is 2.64. The van der Waals surface area contributed by atoms with Gasteiger partial charge in [-0.15, -0.1) is 0 Å². The second-order valence-electron chi connectivity index (χ2n) is 4.06. The fraction of sp³-hybridized carbons (Fsp3) is 0.385. The van der Waals surface area contributed by atoms with Crippen LogP contribution in [0.4, 0.5) is 10.1 Å². The highest BCUT2D eigenvalue weighted by Crippen LogP contribution is 2.22. The standard InChI is InChI=1S/C13H17FN2O3/c1-3-6-16(8-12(17)15-2)11-5-4-9(14)7-10(11)13(18)19/h4-5,7H,3,6,8H2,1-2H3,(H,15,17)(H,18,19). The number of amides is 1. The van der Waals surface area contributed by atoms with E-state index < -0.39 is 11.8 Å². The molecule has 104 valence electrons. The van der Waals surface area contributed by atoms with Crippen molar-refractivity contribution in [3.8, 4) is 0 Å². The molecule has 0 saturated carbocycles. The lowest BCUT2D eigenvalue weighted by atomic mass is 10.1. The van der Waals surface area contributed by atoms with Gasteiger partial charge in [0.05, 0.1) is 17.8 Å². The highest BCUT2D eigenvalue weighted by Gasteiger charge is 2.18. The SMILES string of the molecule is CCCN(CC(=O)NC)c1ccc(F)cc1C(=O)O. The zero-order chi connectivity index (χ0) is 14.4. The molecule has 0 heterocycles. The van der Waals surface area contributed by atoms with E-state index >= 15 is 0 Å². The largest absolute Gasteiger partial charge is 0.478 e. The molecular weight excluding hydrogens is 251 g/mol. The number of carboxylic acid groups (broad SMARTS) is 1. The minimum Gasteiger partial charge on any atom is -0.478 e. The maximum atomic E-state index is 13.1. The molecule has 1 aromatic carbocycles. The average molecular weight is 268 g/mol. The van der Waals surface area contributed by atoms with Gasteiger partial charge in [-0.3, -0.25) is 4.79 Å². The van der Waals surface area contributed by atoms with Gasteiger partial charge in [0.1, 0.15) is 5.82 Å². The molecule has 0 saturated heterocycles. The van der Waals surface area contributed by atoms with Crippen LogP contribution in [-0.4, -0.2) is 37.1 Å². The maximum Gasteiger partial charge on any atom is 0.337 e. The summed E-state index contributed by atoms with van der Waals surface area (Å²) < 4.78 is 13.1. The van der Waals surface area contributed by atoms with Gasteiger partial charge >= 0.3 is 5.97 Å². The quantitative estimate of drug-likeness (QED) is 0.820. The van der Waals surface area contributed by atoms with Gasteiger partial charge in [-0.1, -0.05) is 6.92 Å². The van der Waals surface area contributed by atoms with Gasteiger partial charge in [0.15, 0.2) is 0 Å². The Labute approximate surface area is 111 Å². The van der Waals surface area contributed by atoms with Crippen molar-refractivity contribution < 1.29 is 19.1 Å². The predicted octanol–water partition coefficient (Wildman–Crippen LogP) is 1.49. The van der Waals surface area contributed by atoms with E-state index in [4.69, 9.17) is 5.11 Å². The van der Waals surface area contributed by atoms with Gasteiger partial charge in [0, 0.05) is 13.6 Å². The third kappa shape index (κ3) is 3.94. The molecule has 5 nitrogen and oxygen atoms in total. The fourth-order valence-electron chi connectivity index (χ4n) is 1.76. The Hall–Kier alpha value is -2.11. The van der Waals surface area contributed by atoms with Gasteiger partial charge in [0.2, 0.25) is 5.91 Å². The van der Waals surface area contributed by atoms with Crippen molar-refractivity contribution in [3.63, 3.8) is 0 Å². The van der Waals surface area contributed by atoms with E-state index in [0.29, 0.717) is 12.2 Å². The first kappa shape index (κ1) is 14.9. The monoisotopic (exact) mass is 268 g/mol. The van der Waals surface area contributed by atoms with Crippen molar-refractivity contribution in [1.29, 1.82) is 0 Å². The molecule has 1 rings (SSSR count). The number of nitrogens with one attached hydrogen (secondary N) is 1. The number of nitrogens with zero attached hydrogens (tertiary/aromatic N) is 1. The average Bonchev–Trinajstić information content (AvgIpc) is 2.38. The lowest BCUT2D eigenvalue weighted by Gasteiger charge is -2.24. The zero-order valence-corrected chi connectivity index (χ0v) is 10.9. The summed E-state index contributed by atoms with van der Waals surface area (Å²) in [6.07, 6.45) is 0.743. The second-order valence-corrected chi connectivity index (χ2v) is 4.06. The summed E-state index contributed by atoms with van der Waals surface area (Å²) >= 11 is 0. The van der Waals surface area contributed by atoms with E-state index in [1.807, 2.05) is 6.92 Å². The smallest absolute Gasteiger partial charge is 0.337 e. The zero-order valence-electron chi connectivity index (χ0n) is 10.9. The lowest BCUT2D eigenvalue weighted by Crippen LogP contribution is -2.37. The van der Waals surface area contributed by atoms with Crippen LogP contribution < -0.4 is 10.2 Å². The highest BCUT2D eigenvalue weighted by atomic mass is 19.1. The van der Waals surface area contributed by atoms with Crippen LogP contribution in [0.1, 0.15) is 23.7 Å². The number of carbonyl (C=O) groups excluding carboxylic acids is 1. The van der Waals surface area contributed by atoms with Crippen molar-refractivity contribution in [2.24, 2.45) is 0 Å². The second kappa shape index (κ2) is 6.72. The first-order valence-electron chi connectivity index (χ1n) is 5.98. The Bertz CT molecular complexity index is 477. The van der Waals surface area contributed by atoms with Gasteiger partial charge in [-0.2, -0.15) is 0 Å². The Kier molecular flexibility index (Phi) is 5.29. The number of aromatic carboxylic acids is 1. The van der Waals surface area contributed by atoms with Crippen molar-refractivity contribution in [2.75, 3.05) is 25.0 Å². The summed E-state index contributed by atoms with van der Waals surface area (Å²) in [5.74, 6) is -2.06. The Balaban J connectivity index is 3.14. The molecule has 1 aromatic rings. The minimum atomic E-state index is -1.22. The van der Waals surface area contributed by atoms with E-state index in [0.717, 1.165) is 12.5 Å². The Morgan fingerprint density at radius 3 is 2.63 bits per heavy atom. The van der Waals surface area contributed by atoms with Gasteiger partial charge in [0.25, 0.3) is 0 Å². The van der Waals surface area contributed by atoms with Crippen LogP contribution in [0.2, 0.25) is 0 Å². The van der Waals surface area contributed by atoms with Crippen LogP contribution in [0.5, 0.6) is 0 Å². The molecule has 0 aromatic heterocycles.